The Morgan fingerprint density at radius 2 is 1.94 bits per heavy atom. The van der Waals surface area contributed by atoms with Crippen LogP contribution >= 0.6 is 11.8 Å². The Labute approximate surface area is 113 Å². The molecule has 0 aliphatic carbocycles. The predicted octanol–water partition coefficient (Wildman–Crippen LogP) is 1.88. The van der Waals surface area contributed by atoms with Crippen LogP contribution in [0.1, 0.15) is 27.2 Å². The first kappa shape index (κ1) is 17.1. The molecule has 106 valence electrons. The van der Waals surface area contributed by atoms with Gasteiger partial charge in [-0.05, 0) is 19.1 Å². The summed E-state index contributed by atoms with van der Waals surface area (Å²) in [6.07, 6.45) is 2.68. The van der Waals surface area contributed by atoms with Crippen molar-refractivity contribution in [2.45, 2.75) is 39.3 Å². The third-order valence-corrected chi connectivity index (χ3v) is 3.96. The fourth-order valence-electron chi connectivity index (χ4n) is 1.47. The van der Waals surface area contributed by atoms with Crippen molar-refractivity contribution in [3.8, 4) is 0 Å². The number of carbonyl (C=O) groups excluding carboxylic acids is 1. The first-order valence-electron chi connectivity index (χ1n) is 6.10. The number of carboxylic acid groups (broad SMARTS) is 1. The number of hydrogen-bond donors (Lipinski definition) is 2. The summed E-state index contributed by atoms with van der Waals surface area (Å²) < 4.78 is 0. The van der Waals surface area contributed by atoms with Gasteiger partial charge in [0.1, 0.15) is 6.04 Å². The number of nitrogens with zero attached hydrogens (tertiary/aromatic N) is 1. The van der Waals surface area contributed by atoms with Crippen molar-refractivity contribution in [1.82, 2.24) is 10.2 Å². The predicted molar refractivity (Wildman–Crippen MR) is 75.0 cm³/mol. The molecule has 2 unspecified atom stereocenters. The Morgan fingerprint density at radius 3 is 2.33 bits per heavy atom. The zero-order chi connectivity index (χ0) is 14.3. The smallest absolute Gasteiger partial charge is 0.326 e. The maximum Gasteiger partial charge on any atom is 0.326 e. The second-order valence-corrected chi connectivity index (χ2v) is 5.48. The van der Waals surface area contributed by atoms with Gasteiger partial charge in [-0.2, -0.15) is 11.8 Å². The number of thioether (sulfide) groups is 1. The maximum absolute atomic E-state index is 11.9. The lowest BCUT2D eigenvalue weighted by molar-refractivity contribution is -0.140. The van der Waals surface area contributed by atoms with E-state index in [2.05, 4.69) is 5.32 Å². The molecule has 2 amide bonds. The molecular weight excluding hydrogens is 252 g/mol. The van der Waals surface area contributed by atoms with E-state index in [1.54, 1.807) is 23.7 Å². The summed E-state index contributed by atoms with van der Waals surface area (Å²) in [5.74, 6) is -0.246. The van der Waals surface area contributed by atoms with Crippen LogP contribution in [-0.4, -0.2) is 53.1 Å². The van der Waals surface area contributed by atoms with Crippen molar-refractivity contribution < 1.29 is 14.7 Å². The summed E-state index contributed by atoms with van der Waals surface area (Å²) in [6, 6.07) is -1.08. The molecule has 0 aromatic carbocycles. The topological polar surface area (TPSA) is 69.6 Å². The molecule has 0 rings (SSSR count). The molecule has 0 aromatic heterocycles. The molecule has 3 atom stereocenters. The van der Waals surface area contributed by atoms with E-state index in [9.17, 15) is 9.59 Å². The van der Waals surface area contributed by atoms with E-state index in [1.807, 2.05) is 27.0 Å². The van der Waals surface area contributed by atoms with Gasteiger partial charge in [-0.3, -0.25) is 0 Å². The van der Waals surface area contributed by atoms with Gasteiger partial charge in [0.2, 0.25) is 0 Å². The van der Waals surface area contributed by atoms with Crippen LogP contribution < -0.4 is 5.32 Å². The fraction of sp³-hybridized carbons (Fsp3) is 0.833. The molecule has 5 nitrogen and oxygen atoms in total. The lowest BCUT2D eigenvalue weighted by atomic mass is 9.99. The minimum absolute atomic E-state index is 0.0753. The molecule has 0 aromatic rings. The van der Waals surface area contributed by atoms with Crippen molar-refractivity contribution in [2.75, 3.05) is 19.1 Å². The van der Waals surface area contributed by atoms with Crippen molar-refractivity contribution in [3.05, 3.63) is 0 Å². The molecule has 0 aliphatic rings. The highest BCUT2D eigenvalue weighted by Gasteiger charge is 2.27. The van der Waals surface area contributed by atoms with Gasteiger partial charge in [0.15, 0.2) is 0 Å². The van der Waals surface area contributed by atoms with E-state index in [4.69, 9.17) is 5.11 Å². The molecule has 0 aliphatic heterocycles. The fourth-order valence-corrected chi connectivity index (χ4v) is 2.18. The van der Waals surface area contributed by atoms with E-state index in [0.29, 0.717) is 6.42 Å². The van der Waals surface area contributed by atoms with Gasteiger partial charge >= 0.3 is 12.0 Å². The van der Waals surface area contributed by atoms with Crippen LogP contribution in [0, 0.1) is 5.92 Å². The van der Waals surface area contributed by atoms with E-state index < -0.39 is 12.0 Å². The number of nitrogens with one attached hydrogen (secondary N) is 1. The highest BCUT2D eigenvalue weighted by Crippen LogP contribution is 2.10. The number of carbonyl (C=O) groups is 2. The zero-order valence-electron chi connectivity index (χ0n) is 11.8. The Bertz CT molecular complexity index is 286. The van der Waals surface area contributed by atoms with Crippen molar-refractivity contribution in [3.63, 3.8) is 0 Å². The van der Waals surface area contributed by atoms with E-state index in [0.717, 1.165) is 5.75 Å². The Balaban J connectivity index is 4.55. The average molecular weight is 276 g/mol. The standard InChI is InChI=1S/C12H24N2O3S/c1-6-8(2)10(11(15)16)13-12(17)14(4)9(3)7-18-5/h8-10H,6-7H2,1-5H3,(H,13,17)(H,15,16)/t8?,9?,10-/m0/s1. The highest BCUT2D eigenvalue weighted by molar-refractivity contribution is 7.98. The number of rotatable bonds is 7. The van der Waals surface area contributed by atoms with Crippen molar-refractivity contribution in [1.29, 1.82) is 0 Å². The Kier molecular flexibility index (Phi) is 7.82. The molecule has 0 heterocycles. The van der Waals surface area contributed by atoms with Crippen LogP contribution in [0.5, 0.6) is 0 Å². The van der Waals surface area contributed by atoms with Gasteiger partial charge in [0, 0.05) is 18.8 Å². The molecule has 2 N–H and O–H groups in total. The zero-order valence-corrected chi connectivity index (χ0v) is 12.6. The van der Waals surface area contributed by atoms with E-state index >= 15 is 0 Å². The minimum Gasteiger partial charge on any atom is -0.480 e. The molecule has 0 saturated carbocycles. The summed E-state index contributed by atoms with van der Waals surface area (Å²) in [5, 5.41) is 11.7. The normalized spacial score (nSPS) is 15.6. The third kappa shape index (κ3) is 5.16. The van der Waals surface area contributed by atoms with E-state index in [1.165, 1.54) is 0 Å². The number of hydrogen-bond acceptors (Lipinski definition) is 3. The van der Waals surface area contributed by atoms with Gasteiger partial charge in [0.25, 0.3) is 0 Å². The van der Waals surface area contributed by atoms with Gasteiger partial charge in [0.05, 0.1) is 0 Å². The largest absolute Gasteiger partial charge is 0.480 e. The first-order chi connectivity index (χ1) is 8.34. The molecule has 6 heteroatoms. The molecule has 18 heavy (non-hydrogen) atoms. The quantitative estimate of drug-likeness (QED) is 0.745. The van der Waals surface area contributed by atoms with Crippen molar-refractivity contribution in [2.24, 2.45) is 5.92 Å². The monoisotopic (exact) mass is 276 g/mol. The Hall–Kier alpha value is -0.910. The maximum atomic E-state index is 11.9. The first-order valence-corrected chi connectivity index (χ1v) is 7.49. The van der Waals surface area contributed by atoms with Crippen LogP contribution in [0.3, 0.4) is 0 Å². The minimum atomic E-state index is -0.983. The third-order valence-electron chi connectivity index (χ3n) is 3.15. The highest BCUT2D eigenvalue weighted by atomic mass is 32.2. The van der Waals surface area contributed by atoms with Gasteiger partial charge in [-0.15, -0.1) is 0 Å². The summed E-state index contributed by atoms with van der Waals surface area (Å²) in [6.45, 7) is 5.67. The number of aliphatic carboxylic acids is 1. The molecule has 0 saturated heterocycles. The summed E-state index contributed by atoms with van der Waals surface area (Å²) in [7, 11) is 1.69. The second kappa shape index (κ2) is 8.24. The van der Waals surface area contributed by atoms with Crippen LogP contribution in [0.25, 0.3) is 0 Å². The molecule has 0 fully saturated rings. The second-order valence-electron chi connectivity index (χ2n) is 4.57. The van der Waals surface area contributed by atoms with Crippen LogP contribution in [-0.2, 0) is 4.79 Å². The van der Waals surface area contributed by atoms with Crippen LogP contribution in [0.15, 0.2) is 0 Å². The molecule has 0 spiro atoms. The molecule has 0 bridgehead atoms. The lowest BCUT2D eigenvalue weighted by Crippen LogP contribution is -2.51. The van der Waals surface area contributed by atoms with E-state index in [-0.39, 0.29) is 18.0 Å². The average Bonchev–Trinajstić information content (AvgIpc) is 2.33. The molecule has 0 radical (unpaired) electrons. The van der Waals surface area contributed by atoms with Crippen LogP contribution in [0.4, 0.5) is 4.79 Å². The van der Waals surface area contributed by atoms with Gasteiger partial charge in [-0.1, -0.05) is 20.3 Å². The molecular formula is C12H24N2O3S. The number of urea groups is 1. The Morgan fingerprint density at radius 1 is 1.39 bits per heavy atom. The number of carboxylic acids is 1. The number of amides is 2. The lowest BCUT2D eigenvalue weighted by Gasteiger charge is -2.28. The van der Waals surface area contributed by atoms with Gasteiger partial charge in [-0.25, -0.2) is 9.59 Å². The SMILES string of the molecule is CCC(C)[C@H](NC(=O)N(C)C(C)CSC)C(=O)O. The summed E-state index contributed by atoms with van der Waals surface area (Å²) in [4.78, 5) is 24.6. The summed E-state index contributed by atoms with van der Waals surface area (Å²) >= 11 is 1.65. The summed E-state index contributed by atoms with van der Waals surface area (Å²) in [5.41, 5.74) is 0. The van der Waals surface area contributed by atoms with Crippen molar-refractivity contribution >= 4 is 23.8 Å². The van der Waals surface area contributed by atoms with Gasteiger partial charge < -0.3 is 15.3 Å². The van der Waals surface area contributed by atoms with Crippen LogP contribution in [0.2, 0.25) is 0 Å².